The number of nitrogens with one attached hydrogen (secondary N) is 1. The zero-order valence-electron chi connectivity index (χ0n) is 10.5. The summed E-state index contributed by atoms with van der Waals surface area (Å²) < 4.78 is 10.3. The molecule has 0 atom stereocenters. The molecule has 0 aliphatic carbocycles. The van der Waals surface area contributed by atoms with Crippen LogP contribution in [0.25, 0.3) is 0 Å². The minimum atomic E-state index is -0.133. The Hall–Kier alpha value is -2.22. The van der Waals surface area contributed by atoms with Crippen molar-refractivity contribution in [2.24, 2.45) is 0 Å². The van der Waals surface area contributed by atoms with Crippen LogP contribution in [0.15, 0.2) is 18.2 Å². The van der Waals surface area contributed by atoms with E-state index in [1.807, 2.05) is 18.2 Å². The van der Waals surface area contributed by atoms with Gasteiger partial charge in [-0.05, 0) is 17.7 Å². The van der Waals surface area contributed by atoms with Gasteiger partial charge in [-0.2, -0.15) is 5.26 Å². The Morgan fingerprint density at radius 2 is 2.06 bits per heavy atom. The van der Waals surface area contributed by atoms with Crippen molar-refractivity contribution >= 4 is 5.91 Å². The van der Waals surface area contributed by atoms with Crippen molar-refractivity contribution in [1.29, 1.82) is 5.26 Å². The first-order valence-corrected chi connectivity index (χ1v) is 5.55. The topological polar surface area (TPSA) is 71.3 Å². The highest BCUT2D eigenvalue weighted by atomic mass is 16.5. The third-order valence-corrected chi connectivity index (χ3v) is 2.40. The normalized spacial score (nSPS) is 9.39. The van der Waals surface area contributed by atoms with Gasteiger partial charge in [-0.1, -0.05) is 6.07 Å². The Labute approximate surface area is 106 Å². The van der Waals surface area contributed by atoms with Crippen molar-refractivity contribution in [3.05, 3.63) is 23.8 Å². The molecule has 1 rings (SSSR count). The molecular formula is C13H16N2O3. The average Bonchev–Trinajstić information content (AvgIpc) is 2.42. The zero-order valence-corrected chi connectivity index (χ0v) is 10.5. The number of rotatable bonds is 6. The van der Waals surface area contributed by atoms with Crippen LogP contribution in [0, 0.1) is 11.3 Å². The maximum Gasteiger partial charge on any atom is 0.221 e. The second-order valence-corrected chi connectivity index (χ2v) is 3.62. The Balaban J connectivity index is 2.58. The third-order valence-electron chi connectivity index (χ3n) is 2.40. The summed E-state index contributed by atoms with van der Waals surface area (Å²) in [6.45, 7) is 0.407. The summed E-state index contributed by atoms with van der Waals surface area (Å²) in [5.74, 6) is 1.14. The Morgan fingerprint density at radius 1 is 1.33 bits per heavy atom. The van der Waals surface area contributed by atoms with Gasteiger partial charge in [-0.3, -0.25) is 4.79 Å². The molecule has 1 aromatic rings. The fourth-order valence-electron chi connectivity index (χ4n) is 1.45. The van der Waals surface area contributed by atoms with E-state index in [0.29, 0.717) is 18.0 Å². The van der Waals surface area contributed by atoms with Gasteiger partial charge in [0.2, 0.25) is 5.91 Å². The largest absolute Gasteiger partial charge is 0.493 e. The minimum Gasteiger partial charge on any atom is -0.493 e. The lowest BCUT2D eigenvalue weighted by molar-refractivity contribution is -0.121. The first kappa shape index (κ1) is 13.8. The van der Waals surface area contributed by atoms with Gasteiger partial charge in [-0.15, -0.1) is 0 Å². The number of ether oxygens (including phenoxy) is 2. The van der Waals surface area contributed by atoms with Crippen LogP contribution in [0.5, 0.6) is 11.5 Å². The van der Waals surface area contributed by atoms with E-state index in [-0.39, 0.29) is 18.7 Å². The molecule has 5 nitrogen and oxygen atoms in total. The molecule has 0 saturated carbocycles. The Bertz CT molecular complexity index is 452. The molecule has 0 spiro atoms. The number of benzene rings is 1. The molecule has 0 bridgehead atoms. The standard InChI is InChI=1S/C13H16N2O3/c1-17-11-6-5-10(8-12(11)18-2)9-15-13(16)4-3-7-14/h5-6,8H,3-4,9H2,1-2H3,(H,15,16). The Kier molecular flexibility index (Phi) is 5.52. The number of amides is 1. The average molecular weight is 248 g/mol. The molecule has 0 radical (unpaired) electrons. The first-order valence-electron chi connectivity index (χ1n) is 5.55. The lowest BCUT2D eigenvalue weighted by Crippen LogP contribution is -2.22. The lowest BCUT2D eigenvalue weighted by atomic mass is 10.2. The minimum absolute atomic E-state index is 0.133. The fourth-order valence-corrected chi connectivity index (χ4v) is 1.45. The Morgan fingerprint density at radius 3 is 2.67 bits per heavy atom. The predicted octanol–water partition coefficient (Wildman–Crippen LogP) is 1.62. The number of carbonyl (C=O) groups is 1. The summed E-state index contributed by atoms with van der Waals surface area (Å²) in [6.07, 6.45) is 0.460. The molecule has 1 amide bonds. The van der Waals surface area contributed by atoms with E-state index in [1.165, 1.54) is 0 Å². The summed E-state index contributed by atoms with van der Waals surface area (Å²) in [5, 5.41) is 11.1. The van der Waals surface area contributed by atoms with E-state index in [2.05, 4.69) is 5.32 Å². The molecule has 0 saturated heterocycles. The maximum absolute atomic E-state index is 11.3. The van der Waals surface area contributed by atoms with Crippen LogP contribution in [-0.4, -0.2) is 20.1 Å². The van der Waals surface area contributed by atoms with Gasteiger partial charge in [0.05, 0.1) is 20.3 Å². The molecule has 5 heteroatoms. The van der Waals surface area contributed by atoms with Crippen molar-refractivity contribution in [3.63, 3.8) is 0 Å². The number of nitriles is 1. The monoisotopic (exact) mass is 248 g/mol. The summed E-state index contributed by atoms with van der Waals surface area (Å²) in [6, 6.07) is 7.38. The lowest BCUT2D eigenvalue weighted by Gasteiger charge is -2.10. The molecule has 0 heterocycles. The molecule has 1 N–H and O–H groups in total. The summed E-state index contributed by atoms with van der Waals surface area (Å²) in [4.78, 5) is 11.3. The van der Waals surface area contributed by atoms with Crippen molar-refractivity contribution < 1.29 is 14.3 Å². The highest BCUT2D eigenvalue weighted by molar-refractivity contribution is 5.76. The number of hydrogen-bond donors (Lipinski definition) is 1. The second kappa shape index (κ2) is 7.17. The van der Waals surface area contributed by atoms with Gasteiger partial charge in [-0.25, -0.2) is 0 Å². The van der Waals surface area contributed by atoms with Gasteiger partial charge in [0.1, 0.15) is 0 Å². The van der Waals surface area contributed by atoms with Crippen LogP contribution < -0.4 is 14.8 Å². The van der Waals surface area contributed by atoms with Crippen LogP contribution in [0.1, 0.15) is 18.4 Å². The van der Waals surface area contributed by atoms with Crippen LogP contribution in [0.3, 0.4) is 0 Å². The maximum atomic E-state index is 11.3. The summed E-state index contributed by atoms with van der Waals surface area (Å²) in [7, 11) is 3.13. The van der Waals surface area contributed by atoms with Crippen LogP contribution in [0.2, 0.25) is 0 Å². The van der Waals surface area contributed by atoms with Gasteiger partial charge in [0.15, 0.2) is 11.5 Å². The number of hydrogen-bond acceptors (Lipinski definition) is 4. The van der Waals surface area contributed by atoms with Gasteiger partial charge in [0.25, 0.3) is 0 Å². The molecule has 1 aromatic carbocycles. The van der Waals surface area contributed by atoms with E-state index in [1.54, 1.807) is 20.3 Å². The first-order chi connectivity index (χ1) is 8.71. The van der Waals surface area contributed by atoms with Crippen LogP contribution in [-0.2, 0) is 11.3 Å². The highest BCUT2D eigenvalue weighted by Gasteiger charge is 2.05. The molecule has 0 fully saturated rings. The van der Waals surface area contributed by atoms with Crippen molar-refractivity contribution in [1.82, 2.24) is 5.32 Å². The molecular weight excluding hydrogens is 232 g/mol. The van der Waals surface area contributed by atoms with E-state index in [4.69, 9.17) is 14.7 Å². The van der Waals surface area contributed by atoms with Crippen LogP contribution >= 0.6 is 0 Å². The molecule has 18 heavy (non-hydrogen) atoms. The van der Waals surface area contributed by atoms with Gasteiger partial charge >= 0.3 is 0 Å². The fraction of sp³-hybridized carbons (Fsp3) is 0.385. The number of carbonyl (C=O) groups excluding carboxylic acids is 1. The highest BCUT2D eigenvalue weighted by Crippen LogP contribution is 2.27. The smallest absolute Gasteiger partial charge is 0.221 e. The van der Waals surface area contributed by atoms with E-state index >= 15 is 0 Å². The summed E-state index contributed by atoms with van der Waals surface area (Å²) >= 11 is 0. The quantitative estimate of drug-likeness (QED) is 0.830. The second-order valence-electron chi connectivity index (χ2n) is 3.62. The molecule has 96 valence electrons. The molecule has 0 unspecified atom stereocenters. The van der Waals surface area contributed by atoms with Crippen molar-refractivity contribution in [2.75, 3.05) is 14.2 Å². The van der Waals surface area contributed by atoms with Crippen LogP contribution in [0.4, 0.5) is 0 Å². The predicted molar refractivity (Wildman–Crippen MR) is 66.2 cm³/mol. The van der Waals surface area contributed by atoms with Crippen molar-refractivity contribution in [3.8, 4) is 17.6 Å². The molecule has 0 aliphatic rings. The SMILES string of the molecule is COc1ccc(CNC(=O)CCC#N)cc1OC. The number of methoxy groups -OCH3 is 2. The number of nitrogens with zero attached hydrogens (tertiary/aromatic N) is 1. The third kappa shape index (κ3) is 3.98. The summed E-state index contributed by atoms with van der Waals surface area (Å²) in [5.41, 5.74) is 0.915. The van der Waals surface area contributed by atoms with Gasteiger partial charge in [0, 0.05) is 19.4 Å². The van der Waals surface area contributed by atoms with Gasteiger partial charge < -0.3 is 14.8 Å². The van der Waals surface area contributed by atoms with E-state index < -0.39 is 0 Å². The molecule has 0 aliphatic heterocycles. The van der Waals surface area contributed by atoms with E-state index in [9.17, 15) is 4.79 Å². The van der Waals surface area contributed by atoms with E-state index in [0.717, 1.165) is 5.56 Å². The molecule has 0 aromatic heterocycles. The zero-order chi connectivity index (χ0) is 13.4. The van der Waals surface area contributed by atoms with Crippen molar-refractivity contribution in [2.45, 2.75) is 19.4 Å².